The molecule has 2 heterocycles. The van der Waals surface area contributed by atoms with E-state index in [1.807, 2.05) is 39.0 Å². The first-order valence-corrected chi connectivity index (χ1v) is 8.53. The average Bonchev–Trinajstić information content (AvgIpc) is 2.86. The van der Waals surface area contributed by atoms with Gasteiger partial charge in [-0.3, -0.25) is 19.5 Å². The van der Waals surface area contributed by atoms with Crippen LogP contribution < -0.4 is 4.90 Å². The van der Waals surface area contributed by atoms with Crippen molar-refractivity contribution in [1.29, 1.82) is 0 Å². The zero-order chi connectivity index (χ0) is 18.0. The third-order valence-corrected chi connectivity index (χ3v) is 4.54. The largest absolute Gasteiger partial charge is 0.466 e. The lowest BCUT2D eigenvalue weighted by Gasteiger charge is -2.24. The summed E-state index contributed by atoms with van der Waals surface area (Å²) in [5.41, 5.74) is 4.39. The highest BCUT2D eigenvalue weighted by Crippen LogP contribution is 2.40. The number of ether oxygens (including phenoxy) is 1. The minimum atomic E-state index is -0.365. The zero-order valence-corrected chi connectivity index (χ0v) is 14.8. The second kappa shape index (κ2) is 7.05. The molecule has 1 aliphatic rings. The number of amides is 1. The maximum Gasteiger partial charge on any atom is 0.308 e. The molecule has 0 N–H and O–H groups in total. The van der Waals surface area contributed by atoms with E-state index in [0.717, 1.165) is 23.1 Å². The number of benzene rings is 1. The number of aryl methyl sites for hydroxylation is 2. The van der Waals surface area contributed by atoms with Crippen molar-refractivity contribution in [1.82, 2.24) is 4.98 Å². The van der Waals surface area contributed by atoms with Crippen LogP contribution in [0.3, 0.4) is 0 Å². The number of carbonyl (C=O) groups is 2. The van der Waals surface area contributed by atoms with Crippen molar-refractivity contribution in [3.8, 4) is 0 Å². The molecule has 0 bridgehead atoms. The van der Waals surface area contributed by atoms with Gasteiger partial charge >= 0.3 is 5.97 Å². The van der Waals surface area contributed by atoms with Crippen LogP contribution in [0.2, 0.25) is 0 Å². The normalized spacial score (nSPS) is 16.0. The Morgan fingerprint density at radius 1 is 1.28 bits per heavy atom. The van der Waals surface area contributed by atoms with Crippen LogP contribution in [0.25, 0.3) is 0 Å². The fraction of sp³-hybridized carbons (Fsp3) is 0.350. The van der Waals surface area contributed by atoms with Gasteiger partial charge in [0.25, 0.3) is 5.91 Å². The van der Waals surface area contributed by atoms with Crippen molar-refractivity contribution < 1.29 is 14.3 Å². The van der Waals surface area contributed by atoms with Gasteiger partial charge in [0.2, 0.25) is 0 Å². The maximum atomic E-state index is 13.0. The van der Waals surface area contributed by atoms with Crippen molar-refractivity contribution >= 4 is 17.6 Å². The second-order valence-electron chi connectivity index (χ2n) is 6.35. The minimum Gasteiger partial charge on any atom is -0.466 e. The predicted octanol–water partition coefficient (Wildman–Crippen LogP) is 3.74. The number of hydrogen-bond acceptors (Lipinski definition) is 4. The van der Waals surface area contributed by atoms with Gasteiger partial charge < -0.3 is 4.74 Å². The van der Waals surface area contributed by atoms with E-state index >= 15 is 0 Å². The van der Waals surface area contributed by atoms with Gasteiger partial charge in [-0.25, -0.2) is 0 Å². The molecule has 1 aromatic carbocycles. The fourth-order valence-corrected chi connectivity index (χ4v) is 3.14. The fourth-order valence-electron chi connectivity index (χ4n) is 3.14. The SMILES string of the molecule is CCCOC(=O)CC1c2cc(C)c(C)cc2C(=O)N1c1cccnc1. The smallest absolute Gasteiger partial charge is 0.308 e. The number of anilines is 1. The van der Waals surface area contributed by atoms with Gasteiger partial charge in [0.05, 0.1) is 31.0 Å². The molecule has 0 saturated carbocycles. The predicted molar refractivity (Wildman–Crippen MR) is 95.6 cm³/mol. The summed E-state index contributed by atoms with van der Waals surface area (Å²) >= 11 is 0. The van der Waals surface area contributed by atoms with Crippen LogP contribution in [-0.4, -0.2) is 23.5 Å². The Hall–Kier alpha value is -2.69. The molecule has 25 heavy (non-hydrogen) atoms. The topological polar surface area (TPSA) is 59.5 Å². The quantitative estimate of drug-likeness (QED) is 0.779. The summed E-state index contributed by atoms with van der Waals surface area (Å²) < 4.78 is 5.25. The highest BCUT2D eigenvalue weighted by atomic mass is 16.5. The number of rotatable bonds is 5. The summed E-state index contributed by atoms with van der Waals surface area (Å²) in [5, 5.41) is 0. The molecule has 5 nitrogen and oxygen atoms in total. The maximum absolute atomic E-state index is 13.0. The molecule has 1 amide bonds. The number of hydrogen-bond donors (Lipinski definition) is 0. The summed E-state index contributed by atoms with van der Waals surface area (Å²) in [5.74, 6) is -0.390. The van der Waals surface area contributed by atoms with E-state index in [2.05, 4.69) is 4.98 Å². The highest BCUT2D eigenvalue weighted by molar-refractivity contribution is 6.11. The van der Waals surface area contributed by atoms with Crippen LogP contribution >= 0.6 is 0 Å². The molecular weight excluding hydrogens is 316 g/mol. The summed E-state index contributed by atoms with van der Waals surface area (Å²) in [6.45, 7) is 6.35. The average molecular weight is 338 g/mol. The minimum absolute atomic E-state index is 0.0978. The van der Waals surface area contributed by atoms with Gasteiger partial charge in [0.15, 0.2) is 0 Å². The third-order valence-electron chi connectivity index (χ3n) is 4.54. The number of aromatic nitrogens is 1. The molecule has 3 rings (SSSR count). The van der Waals surface area contributed by atoms with Crippen LogP contribution in [0.5, 0.6) is 0 Å². The van der Waals surface area contributed by atoms with Gasteiger partial charge in [-0.1, -0.05) is 13.0 Å². The highest BCUT2D eigenvalue weighted by Gasteiger charge is 2.39. The Labute approximate surface area is 147 Å². The van der Waals surface area contributed by atoms with Crippen LogP contribution in [0, 0.1) is 13.8 Å². The number of esters is 1. The Kier molecular flexibility index (Phi) is 4.83. The molecule has 5 heteroatoms. The number of fused-ring (bicyclic) bond motifs is 1. The Morgan fingerprint density at radius 3 is 2.72 bits per heavy atom. The molecule has 0 radical (unpaired) electrons. The lowest BCUT2D eigenvalue weighted by atomic mass is 9.96. The molecule has 0 aliphatic carbocycles. The molecule has 1 atom stereocenters. The molecule has 1 aliphatic heterocycles. The van der Waals surface area contributed by atoms with Gasteiger partial charge in [-0.05, 0) is 55.2 Å². The first-order chi connectivity index (χ1) is 12.0. The van der Waals surface area contributed by atoms with Crippen molar-refractivity contribution in [2.24, 2.45) is 0 Å². The van der Waals surface area contributed by atoms with E-state index in [1.165, 1.54) is 0 Å². The van der Waals surface area contributed by atoms with Gasteiger partial charge in [0, 0.05) is 11.8 Å². The Balaban J connectivity index is 2.02. The monoisotopic (exact) mass is 338 g/mol. The molecule has 0 spiro atoms. The van der Waals surface area contributed by atoms with Gasteiger partial charge in [-0.2, -0.15) is 0 Å². The van der Waals surface area contributed by atoms with E-state index in [4.69, 9.17) is 4.74 Å². The van der Waals surface area contributed by atoms with E-state index in [-0.39, 0.29) is 24.3 Å². The summed E-state index contributed by atoms with van der Waals surface area (Å²) in [6.07, 6.45) is 4.22. The molecule has 2 aromatic rings. The van der Waals surface area contributed by atoms with Crippen molar-refractivity contribution in [2.75, 3.05) is 11.5 Å². The van der Waals surface area contributed by atoms with Crippen molar-refractivity contribution in [3.63, 3.8) is 0 Å². The van der Waals surface area contributed by atoms with Crippen molar-refractivity contribution in [3.05, 3.63) is 58.9 Å². The lowest BCUT2D eigenvalue weighted by molar-refractivity contribution is -0.144. The molecule has 0 fully saturated rings. The van der Waals surface area contributed by atoms with E-state index in [1.54, 1.807) is 23.4 Å². The van der Waals surface area contributed by atoms with E-state index in [0.29, 0.717) is 17.9 Å². The van der Waals surface area contributed by atoms with Gasteiger partial charge in [-0.15, -0.1) is 0 Å². The molecular formula is C20H22N2O3. The second-order valence-corrected chi connectivity index (χ2v) is 6.35. The van der Waals surface area contributed by atoms with Crippen LogP contribution in [0.1, 0.15) is 52.9 Å². The number of pyridine rings is 1. The van der Waals surface area contributed by atoms with E-state index in [9.17, 15) is 9.59 Å². The molecule has 1 unspecified atom stereocenters. The van der Waals surface area contributed by atoms with Crippen LogP contribution in [0.4, 0.5) is 5.69 Å². The Morgan fingerprint density at radius 2 is 2.04 bits per heavy atom. The zero-order valence-electron chi connectivity index (χ0n) is 14.8. The molecule has 1 aromatic heterocycles. The first kappa shape index (κ1) is 17.1. The van der Waals surface area contributed by atoms with E-state index < -0.39 is 0 Å². The lowest BCUT2D eigenvalue weighted by Crippen LogP contribution is -2.29. The molecule has 0 saturated heterocycles. The van der Waals surface area contributed by atoms with Crippen LogP contribution in [-0.2, 0) is 9.53 Å². The summed E-state index contributed by atoms with van der Waals surface area (Å²) in [7, 11) is 0. The van der Waals surface area contributed by atoms with Crippen LogP contribution in [0.15, 0.2) is 36.7 Å². The summed E-state index contributed by atoms with van der Waals surface area (Å²) in [6, 6.07) is 7.18. The first-order valence-electron chi connectivity index (χ1n) is 8.53. The van der Waals surface area contributed by atoms with Crippen molar-refractivity contribution in [2.45, 2.75) is 39.7 Å². The van der Waals surface area contributed by atoms with Gasteiger partial charge in [0.1, 0.15) is 0 Å². The standard InChI is InChI=1S/C20H22N2O3/c1-4-8-25-19(23)11-18-16-9-13(2)14(3)10-17(16)20(24)22(18)15-6-5-7-21-12-15/h5-7,9-10,12,18H,4,8,11H2,1-3H3. The molecule has 130 valence electrons. The third kappa shape index (κ3) is 3.27. The Bertz CT molecular complexity index is 802. The number of nitrogens with zero attached hydrogens (tertiary/aromatic N) is 2. The summed E-state index contributed by atoms with van der Waals surface area (Å²) in [4.78, 5) is 31.0. The number of carbonyl (C=O) groups excluding carboxylic acids is 2.